The summed E-state index contributed by atoms with van der Waals surface area (Å²) in [7, 11) is 0. The molecule has 0 saturated carbocycles. The number of carbonyl (C=O) groups excluding carboxylic acids is 1. The molecule has 1 aliphatic heterocycles. The van der Waals surface area contributed by atoms with Gasteiger partial charge in [0, 0.05) is 24.8 Å². The molecule has 4 heterocycles. The number of hydrogen-bond acceptors (Lipinski definition) is 5. The molecule has 1 amide bonds. The Hall–Kier alpha value is -3.30. The number of halogens is 2. The van der Waals surface area contributed by atoms with E-state index in [4.69, 9.17) is 26.2 Å². The lowest BCUT2D eigenvalue weighted by molar-refractivity contribution is -0.106. The largest absolute Gasteiger partial charge is 0.381 e. The molecular weight excluding hydrogens is 435 g/mol. The van der Waals surface area contributed by atoms with Gasteiger partial charge in [0.05, 0.1) is 34.6 Å². The Bertz CT molecular complexity index is 1250. The summed E-state index contributed by atoms with van der Waals surface area (Å²) in [4.78, 5) is 17.6. The third-order valence-electron chi connectivity index (χ3n) is 5.35. The molecular formula is C22H22ClFN6O2. The number of hydrogen-bond donors (Lipinski definition) is 1. The minimum Gasteiger partial charge on any atom is -0.381 e. The van der Waals surface area contributed by atoms with Crippen LogP contribution in [0.1, 0.15) is 24.6 Å². The third kappa shape index (κ3) is 4.21. The molecule has 3 aromatic heterocycles. The summed E-state index contributed by atoms with van der Waals surface area (Å²) in [6, 6.07) is 8.82. The van der Waals surface area contributed by atoms with Crippen LogP contribution in [0.25, 0.3) is 28.3 Å². The smallest absolute Gasteiger partial charge is 0.204 e. The van der Waals surface area contributed by atoms with E-state index < -0.39 is 5.82 Å². The van der Waals surface area contributed by atoms with E-state index in [0.717, 1.165) is 46.8 Å². The van der Waals surface area contributed by atoms with Gasteiger partial charge in [-0.3, -0.25) is 4.79 Å². The van der Waals surface area contributed by atoms with Crippen LogP contribution in [0.2, 0.25) is 5.02 Å². The molecule has 10 heteroatoms. The van der Waals surface area contributed by atoms with Gasteiger partial charge in [0.15, 0.2) is 5.65 Å². The highest BCUT2D eigenvalue weighted by Crippen LogP contribution is 2.36. The molecule has 1 aliphatic rings. The molecule has 32 heavy (non-hydrogen) atoms. The fraction of sp³-hybridized carbons (Fsp3) is 0.273. The Labute approximate surface area is 188 Å². The molecule has 8 nitrogen and oxygen atoms in total. The van der Waals surface area contributed by atoms with Crippen molar-refractivity contribution in [1.29, 1.82) is 0 Å². The number of nitrogens with two attached hydrogens (primary N) is 1. The minimum absolute atomic E-state index is 0.0722. The van der Waals surface area contributed by atoms with E-state index in [9.17, 15) is 4.39 Å². The van der Waals surface area contributed by atoms with Crippen molar-refractivity contribution in [1.82, 2.24) is 24.1 Å². The number of rotatable bonds is 3. The van der Waals surface area contributed by atoms with Gasteiger partial charge in [-0.25, -0.2) is 18.9 Å². The summed E-state index contributed by atoms with van der Waals surface area (Å²) in [6.07, 6.45) is 5.69. The Balaban J connectivity index is 0.000000775. The number of amides is 1. The number of aryl methyl sites for hydroxylation is 1. The van der Waals surface area contributed by atoms with Crippen LogP contribution in [0.15, 0.2) is 42.9 Å². The molecule has 166 valence electrons. The van der Waals surface area contributed by atoms with Gasteiger partial charge in [-0.1, -0.05) is 11.6 Å². The molecule has 0 radical (unpaired) electrons. The van der Waals surface area contributed by atoms with Crippen molar-refractivity contribution in [2.75, 3.05) is 13.2 Å². The SMILES string of the molecule is Cc1cnc2ccc(-c3c(-c4ccc(F)c(Cl)c4)ncn3C3CCOCC3)nn12.NC=O. The van der Waals surface area contributed by atoms with Crippen molar-refractivity contribution < 1.29 is 13.9 Å². The summed E-state index contributed by atoms with van der Waals surface area (Å²) < 4.78 is 23.2. The van der Waals surface area contributed by atoms with E-state index in [1.165, 1.54) is 6.07 Å². The molecule has 0 aliphatic carbocycles. The average Bonchev–Trinajstić information content (AvgIpc) is 3.41. The lowest BCUT2D eigenvalue weighted by Crippen LogP contribution is -2.20. The van der Waals surface area contributed by atoms with Crippen molar-refractivity contribution >= 4 is 23.7 Å². The Morgan fingerprint density at radius 3 is 2.69 bits per heavy atom. The summed E-state index contributed by atoms with van der Waals surface area (Å²) >= 11 is 6.05. The number of carbonyl (C=O) groups is 1. The summed E-state index contributed by atoms with van der Waals surface area (Å²) in [6.45, 7) is 3.40. The van der Waals surface area contributed by atoms with E-state index in [2.05, 4.69) is 20.3 Å². The van der Waals surface area contributed by atoms with Gasteiger partial charge in [0.2, 0.25) is 6.41 Å². The Morgan fingerprint density at radius 2 is 1.97 bits per heavy atom. The maximum atomic E-state index is 13.7. The van der Waals surface area contributed by atoms with Crippen molar-refractivity contribution in [2.45, 2.75) is 25.8 Å². The van der Waals surface area contributed by atoms with Crippen molar-refractivity contribution in [3.63, 3.8) is 0 Å². The number of aromatic nitrogens is 5. The second-order valence-electron chi connectivity index (χ2n) is 7.35. The predicted molar refractivity (Wildman–Crippen MR) is 119 cm³/mol. The van der Waals surface area contributed by atoms with Crippen LogP contribution in [0.4, 0.5) is 4.39 Å². The second-order valence-corrected chi connectivity index (χ2v) is 7.75. The Kier molecular flexibility index (Phi) is 6.48. The Morgan fingerprint density at radius 1 is 1.22 bits per heavy atom. The van der Waals surface area contributed by atoms with E-state index >= 15 is 0 Å². The quantitative estimate of drug-likeness (QED) is 0.472. The number of primary amides is 1. The highest BCUT2D eigenvalue weighted by molar-refractivity contribution is 6.31. The highest BCUT2D eigenvalue weighted by Gasteiger charge is 2.24. The van der Waals surface area contributed by atoms with Crippen molar-refractivity contribution in [2.24, 2.45) is 5.73 Å². The zero-order valence-electron chi connectivity index (χ0n) is 17.4. The van der Waals surface area contributed by atoms with Crippen molar-refractivity contribution in [3.05, 3.63) is 59.4 Å². The highest BCUT2D eigenvalue weighted by atomic mass is 35.5. The first-order chi connectivity index (χ1) is 15.5. The van der Waals surface area contributed by atoms with Crippen LogP contribution >= 0.6 is 11.6 Å². The molecule has 1 aromatic carbocycles. The predicted octanol–water partition coefficient (Wildman–Crippen LogP) is 3.81. The van der Waals surface area contributed by atoms with Gasteiger partial charge < -0.3 is 15.0 Å². The normalized spacial score (nSPS) is 14.2. The number of fused-ring (bicyclic) bond motifs is 1. The number of imidazole rings is 2. The molecule has 1 saturated heterocycles. The number of ether oxygens (including phenoxy) is 1. The lowest BCUT2D eigenvalue weighted by Gasteiger charge is -2.25. The summed E-state index contributed by atoms with van der Waals surface area (Å²) in [5, 5.41) is 4.89. The van der Waals surface area contributed by atoms with E-state index in [1.54, 1.807) is 18.3 Å². The maximum absolute atomic E-state index is 13.7. The van der Waals surface area contributed by atoms with Crippen molar-refractivity contribution in [3.8, 4) is 22.6 Å². The minimum atomic E-state index is -0.450. The van der Waals surface area contributed by atoms with Gasteiger partial charge in [0.1, 0.15) is 11.5 Å². The topological polar surface area (TPSA) is 100 Å². The van der Waals surface area contributed by atoms with Crippen LogP contribution in [0, 0.1) is 12.7 Å². The van der Waals surface area contributed by atoms with Crippen LogP contribution < -0.4 is 5.73 Å². The van der Waals surface area contributed by atoms with Gasteiger partial charge in [-0.15, -0.1) is 0 Å². The molecule has 5 rings (SSSR count). The fourth-order valence-electron chi connectivity index (χ4n) is 3.82. The maximum Gasteiger partial charge on any atom is 0.204 e. The summed E-state index contributed by atoms with van der Waals surface area (Å²) in [5.41, 5.74) is 9.04. The molecule has 0 spiro atoms. The zero-order chi connectivity index (χ0) is 22.7. The van der Waals surface area contributed by atoms with Crippen LogP contribution in [-0.2, 0) is 9.53 Å². The zero-order valence-corrected chi connectivity index (χ0v) is 18.2. The number of nitrogens with zero attached hydrogens (tertiary/aromatic N) is 5. The first kappa shape index (κ1) is 21.9. The average molecular weight is 457 g/mol. The fourth-order valence-corrected chi connectivity index (χ4v) is 4.00. The van der Waals surface area contributed by atoms with E-state index in [-0.39, 0.29) is 17.5 Å². The van der Waals surface area contributed by atoms with Gasteiger partial charge >= 0.3 is 0 Å². The molecule has 1 fully saturated rings. The van der Waals surface area contributed by atoms with Crippen LogP contribution in [0.5, 0.6) is 0 Å². The summed E-state index contributed by atoms with van der Waals surface area (Å²) in [5.74, 6) is -0.450. The molecule has 2 N–H and O–H groups in total. The molecule has 0 bridgehead atoms. The molecule has 0 unspecified atom stereocenters. The second kappa shape index (κ2) is 9.46. The monoisotopic (exact) mass is 456 g/mol. The molecule has 0 atom stereocenters. The van der Waals surface area contributed by atoms with E-state index in [0.29, 0.717) is 13.2 Å². The molecule has 4 aromatic rings. The van der Waals surface area contributed by atoms with Crippen LogP contribution in [0.3, 0.4) is 0 Å². The van der Waals surface area contributed by atoms with Crippen LogP contribution in [-0.4, -0.2) is 43.8 Å². The standard InChI is InChI=1S/C21H19ClFN5O.CH3NO/c1-13-11-24-19-5-4-18(26-28(13)19)21-20(14-2-3-17(23)16(22)10-14)25-12-27(21)15-6-8-29-9-7-15;2-1-3/h2-5,10-12,15H,6-9H2,1H3;1H,(H2,2,3). The first-order valence-corrected chi connectivity index (χ1v) is 10.5. The third-order valence-corrected chi connectivity index (χ3v) is 5.64. The van der Waals surface area contributed by atoms with E-state index in [1.807, 2.05) is 29.9 Å². The van der Waals surface area contributed by atoms with Gasteiger partial charge in [-0.05, 0) is 50.1 Å². The first-order valence-electron chi connectivity index (χ1n) is 10.1. The number of benzene rings is 1. The lowest BCUT2D eigenvalue weighted by atomic mass is 10.1. The van der Waals surface area contributed by atoms with Gasteiger partial charge in [-0.2, -0.15) is 5.10 Å². The van der Waals surface area contributed by atoms with Gasteiger partial charge in [0.25, 0.3) is 0 Å².